The van der Waals surface area contributed by atoms with Crippen LogP contribution in [0, 0.1) is 0 Å². The molecule has 1 atom stereocenters. The molecule has 0 saturated carbocycles. The number of primary amides is 1. The molecule has 4 N–H and O–H groups in total. The predicted octanol–water partition coefficient (Wildman–Crippen LogP) is -0.766. The van der Waals surface area contributed by atoms with Gasteiger partial charge >= 0.3 is 0 Å². The number of halogens is 1. The van der Waals surface area contributed by atoms with Gasteiger partial charge in [0.2, 0.25) is 5.91 Å². The number of carbonyl (C=O) groups is 1. The van der Waals surface area contributed by atoms with E-state index in [2.05, 4.69) is 0 Å². The molecule has 1 amide bonds. The van der Waals surface area contributed by atoms with Crippen LogP contribution in [0.15, 0.2) is 0 Å². The summed E-state index contributed by atoms with van der Waals surface area (Å²) in [6.07, 6.45) is 0. The summed E-state index contributed by atoms with van der Waals surface area (Å²) in [7, 11) is 0. The molecule has 4 heteroatoms. The molecule has 0 aliphatic carbocycles. The van der Waals surface area contributed by atoms with Gasteiger partial charge in [-0.2, -0.15) is 0 Å². The Labute approximate surface area is 55.6 Å². The highest BCUT2D eigenvalue weighted by Crippen LogP contribution is 1.83. The van der Waals surface area contributed by atoms with Crippen LogP contribution in [-0.4, -0.2) is 16.4 Å². The third kappa shape index (κ3) is 2.81. The van der Waals surface area contributed by atoms with E-state index in [1.807, 2.05) is 22.6 Å². The topological polar surface area (TPSA) is 69.1 Å². The fraction of sp³-hybridized carbons (Fsp3) is 0.667. The Morgan fingerprint density at radius 1 is 1.86 bits per heavy atom. The van der Waals surface area contributed by atoms with Gasteiger partial charge in [-0.3, -0.25) is 4.79 Å². The van der Waals surface area contributed by atoms with Crippen LogP contribution in [0.2, 0.25) is 0 Å². The van der Waals surface area contributed by atoms with Crippen LogP contribution in [-0.2, 0) is 4.79 Å². The maximum atomic E-state index is 10.0. The molecular formula is C3H7IN2O. The van der Waals surface area contributed by atoms with Crippen molar-refractivity contribution in [1.29, 1.82) is 0 Å². The maximum absolute atomic E-state index is 10.0. The van der Waals surface area contributed by atoms with Crippen LogP contribution in [0.4, 0.5) is 0 Å². The Morgan fingerprint density at radius 2 is 2.29 bits per heavy atom. The van der Waals surface area contributed by atoms with Gasteiger partial charge in [0, 0.05) is 4.43 Å². The second-order valence-electron chi connectivity index (χ2n) is 1.16. The zero-order valence-electron chi connectivity index (χ0n) is 3.73. The van der Waals surface area contributed by atoms with E-state index in [0.717, 1.165) is 0 Å². The number of nitrogens with two attached hydrogens (primary N) is 2. The van der Waals surface area contributed by atoms with Gasteiger partial charge in [-0.15, -0.1) is 0 Å². The third-order valence-electron chi connectivity index (χ3n) is 0.532. The summed E-state index contributed by atoms with van der Waals surface area (Å²) >= 11 is 2.00. The van der Waals surface area contributed by atoms with Crippen molar-refractivity contribution in [2.45, 2.75) is 6.04 Å². The number of alkyl halides is 1. The van der Waals surface area contributed by atoms with Gasteiger partial charge in [-0.05, 0) is 0 Å². The monoisotopic (exact) mass is 214 g/mol. The minimum Gasteiger partial charge on any atom is -0.368 e. The summed E-state index contributed by atoms with van der Waals surface area (Å²) in [4.78, 5) is 10.0. The average molecular weight is 214 g/mol. The van der Waals surface area contributed by atoms with Gasteiger partial charge < -0.3 is 11.5 Å². The zero-order valence-corrected chi connectivity index (χ0v) is 5.88. The molecule has 3 nitrogen and oxygen atoms in total. The van der Waals surface area contributed by atoms with E-state index >= 15 is 0 Å². The predicted molar refractivity (Wildman–Crippen MR) is 36.1 cm³/mol. The first-order valence-electron chi connectivity index (χ1n) is 1.79. The van der Waals surface area contributed by atoms with Crippen molar-refractivity contribution < 1.29 is 4.79 Å². The molecule has 0 fully saturated rings. The highest BCUT2D eigenvalue weighted by Gasteiger charge is 2.03. The molecule has 0 saturated heterocycles. The third-order valence-corrected chi connectivity index (χ3v) is 1.48. The molecule has 0 aromatic rings. The summed E-state index contributed by atoms with van der Waals surface area (Å²) in [5.74, 6) is -0.436. The van der Waals surface area contributed by atoms with Gasteiger partial charge in [0.15, 0.2) is 0 Å². The quantitative estimate of drug-likeness (QED) is 0.468. The molecular weight excluding hydrogens is 207 g/mol. The molecule has 0 rings (SSSR count). The molecule has 0 aliphatic heterocycles. The molecule has 0 aliphatic rings. The Bertz CT molecular complexity index is 75.3. The number of amides is 1. The van der Waals surface area contributed by atoms with E-state index in [1.165, 1.54) is 0 Å². The van der Waals surface area contributed by atoms with E-state index < -0.39 is 11.9 Å². The fourth-order valence-electron chi connectivity index (χ4n) is 0.0760. The Balaban J connectivity index is 3.34. The fourth-order valence-corrected chi connectivity index (χ4v) is 0.510. The molecule has 0 unspecified atom stereocenters. The maximum Gasteiger partial charge on any atom is 0.235 e. The van der Waals surface area contributed by atoms with E-state index in [1.54, 1.807) is 0 Å². The lowest BCUT2D eigenvalue weighted by molar-refractivity contribution is -0.118. The molecule has 7 heavy (non-hydrogen) atoms. The van der Waals surface area contributed by atoms with Crippen LogP contribution >= 0.6 is 22.6 Å². The van der Waals surface area contributed by atoms with Crippen molar-refractivity contribution >= 4 is 28.5 Å². The minimum absolute atomic E-state index is 0.436. The van der Waals surface area contributed by atoms with Gasteiger partial charge in [-0.1, -0.05) is 22.6 Å². The van der Waals surface area contributed by atoms with Crippen molar-refractivity contribution in [3.8, 4) is 0 Å². The lowest BCUT2D eigenvalue weighted by atomic mass is 10.4. The molecule has 42 valence electrons. The second kappa shape index (κ2) is 3.20. The standard InChI is InChI=1S/C3H7IN2O/c4-1-2(5)3(6)7/h2H,1,5H2,(H2,6,7)/t2-/m1/s1. The number of carbonyl (C=O) groups excluding carboxylic acids is 1. The van der Waals surface area contributed by atoms with E-state index in [-0.39, 0.29) is 0 Å². The lowest BCUT2D eigenvalue weighted by Crippen LogP contribution is -2.37. The number of hydrogen-bond donors (Lipinski definition) is 2. The molecule has 0 aromatic carbocycles. The van der Waals surface area contributed by atoms with E-state index in [9.17, 15) is 4.79 Å². The normalized spacial score (nSPS) is 13.4. The summed E-state index contributed by atoms with van der Waals surface area (Å²) in [6, 6.07) is -0.472. The minimum atomic E-state index is -0.472. The number of hydrogen-bond acceptors (Lipinski definition) is 2. The second-order valence-corrected chi connectivity index (χ2v) is 2.04. The SMILES string of the molecule is NC(=O)[C@H](N)CI. The Hall–Kier alpha value is 0.160. The van der Waals surface area contributed by atoms with Gasteiger partial charge in [0.05, 0.1) is 6.04 Å². The van der Waals surface area contributed by atoms with Gasteiger partial charge in [0.1, 0.15) is 0 Å². The summed E-state index contributed by atoms with van der Waals surface area (Å²) < 4.78 is 0.590. The van der Waals surface area contributed by atoms with Crippen LogP contribution in [0.5, 0.6) is 0 Å². The highest BCUT2D eigenvalue weighted by atomic mass is 127. The van der Waals surface area contributed by atoms with Crippen LogP contribution in [0.1, 0.15) is 0 Å². The number of rotatable bonds is 2. The largest absolute Gasteiger partial charge is 0.368 e. The average Bonchev–Trinajstić information content (AvgIpc) is 1.65. The Morgan fingerprint density at radius 3 is 2.29 bits per heavy atom. The van der Waals surface area contributed by atoms with Gasteiger partial charge in [-0.25, -0.2) is 0 Å². The first kappa shape index (κ1) is 7.16. The van der Waals surface area contributed by atoms with Crippen LogP contribution in [0.25, 0.3) is 0 Å². The van der Waals surface area contributed by atoms with E-state index in [4.69, 9.17) is 11.5 Å². The van der Waals surface area contributed by atoms with Crippen molar-refractivity contribution in [2.75, 3.05) is 4.43 Å². The van der Waals surface area contributed by atoms with Gasteiger partial charge in [0.25, 0.3) is 0 Å². The first-order chi connectivity index (χ1) is 3.18. The van der Waals surface area contributed by atoms with Crippen molar-refractivity contribution in [3.05, 3.63) is 0 Å². The molecule has 0 aromatic heterocycles. The summed E-state index contributed by atoms with van der Waals surface area (Å²) in [5.41, 5.74) is 9.91. The highest BCUT2D eigenvalue weighted by molar-refractivity contribution is 14.1. The Kier molecular flexibility index (Phi) is 3.27. The lowest BCUT2D eigenvalue weighted by Gasteiger charge is -1.97. The van der Waals surface area contributed by atoms with Crippen LogP contribution < -0.4 is 11.5 Å². The van der Waals surface area contributed by atoms with Crippen molar-refractivity contribution in [3.63, 3.8) is 0 Å². The summed E-state index contributed by atoms with van der Waals surface area (Å²) in [6.45, 7) is 0. The van der Waals surface area contributed by atoms with Crippen molar-refractivity contribution in [1.82, 2.24) is 0 Å². The summed E-state index contributed by atoms with van der Waals surface area (Å²) in [5, 5.41) is 0. The van der Waals surface area contributed by atoms with E-state index in [0.29, 0.717) is 4.43 Å². The smallest absolute Gasteiger partial charge is 0.235 e. The zero-order chi connectivity index (χ0) is 5.86. The molecule has 0 heterocycles. The molecule has 0 spiro atoms. The van der Waals surface area contributed by atoms with Crippen molar-refractivity contribution in [2.24, 2.45) is 11.5 Å². The molecule has 0 bridgehead atoms. The molecule has 0 radical (unpaired) electrons. The first-order valence-corrected chi connectivity index (χ1v) is 3.32. The van der Waals surface area contributed by atoms with Crippen LogP contribution in [0.3, 0.4) is 0 Å².